The van der Waals surface area contributed by atoms with Gasteiger partial charge in [-0.25, -0.2) is 9.50 Å². The van der Waals surface area contributed by atoms with E-state index < -0.39 is 6.04 Å². The zero-order valence-corrected chi connectivity index (χ0v) is 18.7. The molecule has 4 aromatic rings. The Bertz CT molecular complexity index is 1290. The Morgan fingerprint density at radius 3 is 2.78 bits per heavy atom. The largest absolute Gasteiger partial charge is 0.353 e. The molecule has 162 valence electrons. The molecule has 1 aromatic carbocycles. The number of carbonyl (C=O) groups excluding carboxylic acids is 2. The molecule has 0 aliphatic carbocycles. The van der Waals surface area contributed by atoms with Gasteiger partial charge in [0.25, 0.3) is 5.91 Å². The van der Waals surface area contributed by atoms with Gasteiger partial charge in [0, 0.05) is 35.8 Å². The van der Waals surface area contributed by atoms with Crippen molar-refractivity contribution in [3.63, 3.8) is 0 Å². The van der Waals surface area contributed by atoms with Crippen LogP contribution in [0.3, 0.4) is 0 Å². The number of rotatable bonds is 4. The molecule has 0 bridgehead atoms. The van der Waals surface area contributed by atoms with Gasteiger partial charge in [-0.3, -0.25) is 9.59 Å². The molecular formula is C24H23N5O2S. The summed E-state index contributed by atoms with van der Waals surface area (Å²) in [6.07, 6.45) is 2.00. The number of nitrogens with one attached hydrogen (secondary N) is 1. The second kappa shape index (κ2) is 8.20. The van der Waals surface area contributed by atoms with Crippen LogP contribution in [0.5, 0.6) is 0 Å². The molecule has 3 aromatic heterocycles. The third kappa shape index (κ3) is 3.67. The van der Waals surface area contributed by atoms with Crippen molar-refractivity contribution >= 4 is 28.8 Å². The second-order valence-electron chi connectivity index (χ2n) is 8.02. The normalized spacial score (nSPS) is 16.4. The van der Waals surface area contributed by atoms with Crippen LogP contribution in [-0.4, -0.2) is 50.4 Å². The number of amides is 2. The number of aromatic nitrogens is 3. The first kappa shape index (κ1) is 20.4. The average Bonchev–Trinajstić information content (AvgIpc) is 3.45. The lowest BCUT2D eigenvalue weighted by molar-refractivity contribution is -0.127. The van der Waals surface area contributed by atoms with E-state index in [0.29, 0.717) is 30.7 Å². The molecule has 1 fully saturated rings. The van der Waals surface area contributed by atoms with E-state index in [0.717, 1.165) is 22.5 Å². The van der Waals surface area contributed by atoms with E-state index in [1.807, 2.05) is 38.1 Å². The molecule has 7 nitrogen and oxygen atoms in total. The number of fused-ring (bicyclic) bond motifs is 1. The minimum Gasteiger partial charge on any atom is -0.353 e. The van der Waals surface area contributed by atoms with Crippen molar-refractivity contribution in [2.45, 2.75) is 26.3 Å². The van der Waals surface area contributed by atoms with Crippen molar-refractivity contribution in [3.8, 4) is 10.4 Å². The van der Waals surface area contributed by atoms with Gasteiger partial charge >= 0.3 is 0 Å². The van der Waals surface area contributed by atoms with E-state index in [4.69, 9.17) is 0 Å². The first-order chi connectivity index (χ1) is 15.5. The minimum atomic E-state index is -0.579. The highest BCUT2D eigenvalue weighted by atomic mass is 32.1. The SMILES string of the molecule is Cc1cc(C)n2ncc(C(=O)N3CCNC(=O)[C@@H]3Cc3ccc(-c4cccs4)cc3)c2n1. The summed E-state index contributed by atoms with van der Waals surface area (Å²) in [6, 6.07) is 13.6. The van der Waals surface area contributed by atoms with Gasteiger partial charge in [0.05, 0.1) is 6.20 Å². The van der Waals surface area contributed by atoms with Gasteiger partial charge in [0.15, 0.2) is 5.65 Å². The highest BCUT2D eigenvalue weighted by Gasteiger charge is 2.35. The lowest BCUT2D eigenvalue weighted by Crippen LogP contribution is -2.58. The second-order valence-corrected chi connectivity index (χ2v) is 8.96. The molecule has 2 amide bonds. The molecule has 0 saturated carbocycles. The van der Waals surface area contributed by atoms with Crippen molar-refractivity contribution < 1.29 is 9.59 Å². The van der Waals surface area contributed by atoms with E-state index in [9.17, 15) is 9.59 Å². The fourth-order valence-electron chi connectivity index (χ4n) is 4.21. The van der Waals surface area contributed by atoms with E-state index in [-0.39, 0.29) is 11.8 Å². The topological polar surface area (TPSA) is 79.6 Å². The molecule has 1 atom stereocenters. The van der Waals surface area contributed by atoms with E-state index >= 15 is 0 Å². The maximum Gasteiger partial charge on any atom is 0.260 e. The number of piperazine rings is 1. The summed E-state index contributed by atoms with van der Waals surface area (Å²) in [5, 5.41) is 9.30. The monoisotopic (exact) mass is 445 g/mol. The Hall–Kier alpha value is -3.52. The molecule has 1 aliphatic rings. The first-order valence-corrected chi connectivity index (χ1v) is 11.4. The summed E-state index contributed by atoms with van der Waals surface area (Å²) in [5.74, 6) is -0.351. The van der Waals surface area contributed by atoms with Gasteiger partial charge in [-0.2, -0.15) is 5.10 Å². The Kier molecular flexibility index (Phi) is 5.22. The molecule has 0 unspecified atom stereocenters. The number of benzene rings is 1. The lowest BCUT2D eigenvalue weighted by atomic mass is 10.00. The highest BCUT2D eigenvalue weighted by Crippen LogP contribution is 2.26. The minimum absolute atomic E-state index is 0.135. The van der Waals surface area contributed by atoms with Gasteiger partial charge in [0.1, 0.15) is 11.6 Å². The summed E-state index contributed by atoms with van der Waals surface area (Å²) in [6.45, 7) is 4.71. The Labute approximate surface area is 189 Å². The van der Waals surface area contributed by atoms with Crippen LogP contribution < -0.4 is 5.32 Å². The number of hydrogen-bond donors (Lipinski definition) is 1. The molecule has 1 saturated heterocycles. The molecule has 5 rings (SSSR count). The fraction of sp³-hybridized carbons (Fsp3) is 0.250. The van der Waals surface area contributed by atoms with Crippen molar-refractivity contribution in [2.24, 2.45) is 0 Å². The molecule has 0 radical (unpaired) electrons. The Balaban J connectivity index is 1.43. The zero-order valence-electron chi connectivity index (χ0n) is 17.9. The predicted octanol–water partition coefficient (Wildman–Crippen LogP) is 3.26. The number of aryl methyl sites for hydroxylation is 2. The Morgan fingerprint density at radius 2 is 2.03 bits per heavy atom. The first-order valence-electron chi connectivity index (χ1n) is 10.5. The average molecular weight is 446 g/mol. The summed E-state index contributed by atoms with van der Waals surface area (Å²) >= 11 is 1.69. The van der Waals surface area contributed by atoms with Crippen LogP contribution in [0.15, 0.2) is 54.0 Å². The number of carbonyl (C=O) groups is 2. The van der Waals surface area contributed by atoms with Crippen LogP contribution in [0.25, 0.3) is 16.1 Å². The van der Waals surface area contributed by atoms with Crippen LogP contribution in [0, 0.1) is 13.8 Å². The number of hydrogen-bond acceptors (Lipinski definition) is 5. The van der Waals surface area contributed by atoms with Crippen LogP contribution >= 0.6 is 11.3 Å². The third-order valence-electron chi connectivity index (χ3n) is 5.79. The molecule has 8 heteroatoms. The standard InChI is InChI=1S/C24H23N5O2S/c1-15-12-16(2)29-22(27-15)19(14-26-29)24(31)28-10-9-25-23(30)20(28)13-17-5-7-18(8-6-17)21-4-3-11-32-21/h3-8,11-12,14,20H,9-10,13H2,1-2H3,(H,25,30)/t20-/m0/s1. The van der Waals surface area contributed by atoms with Crippen LogP contribution in [0.2, 0.25) is 0 Å². The molecule has 32 heavy (non-hydrogen) atoms. The smallest absolute Gasteiger partial charge is 0.260 e. The molecule has 1 aliphatic heterocycles. The maximum absolute atomic E-state index is 13.5. The molecule has 0 spiro atoms. The summed E-state index contributed by atoms with van der Waals surface area (Å²) < 4.78 is 1.67. The predicted molar refractivity (Wildman–Crippen MR) is 124 cm³/mol. The maximum atomic E-state index is 13.5. The zero-order chi connectivity index (χ0) is 22.2. The van der Waals surface area contributed by atoms with Gasteiger partial charge < -0.3 is 10.2 Å². The highest BCUT2D eigenvalue weighted by molar-refractivity contribution is 7.13. The van der Waals surface area contributed by atoms with Crippen molar-refractivity contribution in [1.82, 2.24) is 24.8 Å². The summed E-state index contributed by atoms with van der Waals surface area (Å²) in [5.41, 5.74) is 4.83. The molecule has 4 heterocycles. The number of thiophene rings is 1. The van der Waals surface area contributed by atoms with E-state index in [1.54, 1.807) is 26.9 Å². The van der Waals surface area contributed by atoms with Crippen LogP contribution in [0.4, 0.5) is 0 Å². The van der Waals surface area contributed by atoms with Gasteiger partial charge in [0.2, 0.25) is 5.91 Å². The quantitative estimate of drug-likeness (QED) is 0.523. The van der Waals surface area contributed by atoms with Crippen molar-refractivity contribution in [1.29, 1.82) is 0 Å². The van der Waals surface area contributed by atoms with Gasteiger partial charge in [-0.05, 0) is 42.5 Å². The van der Waals surface area contributed by atoms with Crippen molar-refractivity contribution in [2.75, 3.05) is 13.1 Å². The summed E-state index contributed by atoms with van der Waals surface area (Å²) in [4.78, 5) is 33.7. The molecule has 1 N–H and O–H groups in total. The van der Waals surface area contributed by atoms with Crippen LogP contribution in [0.1, 0.15) is 27.3 Å². The third-order valence-corrected chi connectivity index (χ3v) is 6.71. The summed E-state index contributed by atoms with van der Waals surface area (Å²) in [7, 11) is 0. The van der Waals surface area contributed by atoms with E-state index in [2.05, 4.69) is 39.0 Å². The Morgan fingerprint density at radius 1 is 1.22 bits per heavy atom. The van der Waals surface area contributed by atoms with Gasteiger partial charge in [-0.1, -0.05) is 30.3 Å². The van der Waals surface area contributed by atoms with Crippen molar-refractivity contribution in [3.05, 3.63) is 76.6 Å². The van der Waals surface area contributed by atoms with Gasteiger partial charge in [-0.15, -0.1) is 11.3 Å². The molecular weight excluding hydrogens is 422 g/mol. The van der Waals surface area contributed by atoms with Crippen LogP contribution in [-0.2, 0) is 11.2 Å². The van der Waals surface area contributed by atoms with E-state index in [1.165, 1.54) is 4.88 Å². The lowest BCUT2D eigenvalue weighted by Gasteiger charge is -2.35. The number of nitrogens with zero attached hydrogens (tertiary/aromatic N) is 4. The fourth-order valence-corrected chi connectivity index (χ4v) is 4.94.